The van der Waals surface area contributed by atoms with Crippen LogP contribution in [-0.2, 0) is 4.79 Å². The fourth-order valence-corrected chi connectivity index (χ4v) is 3.18. The van der Waals surface area contributed by atoms with E-state index >= 15 is 0 Å². The third-order valence-corrected chi connectivity index (χ3v) is 5.02. The molecule has 0 atom stereocenters. The lowest BCUT2D eigenvalue weighted by molar-refractivity contribution is -0.121. The molecule has 0 radical (unpaired) electrons. The van der Waals surface area contributed by atoms with E-state index in [1.807, 2.05) is 36.9 Å². The molecule has 1 N–H and O–H groups in total. The number of carbonyl (C=O) groups is 2. The zero-order valence-electron chi connectivity index (χ0n) is 15.1. The number of nitrogens with zero attached hydrogens (tertiary/aromatic N) is 1. The van der Waals surface area contributed by atoms with Gasteiger partial charge in [-0.1, -0.05) is 6.07 Å². The molecule has 136 valence electrons. The van der Waals surface area contributed by atoms with Crippen LogP contribution in [0, 0.1) is 25.6 Å². The normalized spacial score (nSPS) is 15.0. The van der Waals surface area contributed by atoms with Crippen molar-refractivity contribution in [3.63, 3.8) is 0 Å². The number of likely N-dealkylation sites (tertiary alicyclic amines) is 1. The van der Waals surface area contributed by atoms with Crippen LogP contribution in [0.2, 0.25) is 0 Å². The minimum absolute atomic E-state index is 0.0190. The molecule has 1 fully saturated rings. The number of aryl methyl sites for hydroxylation is 2. The molecule has 1 aliphatic heterocycles. The lowest BCUT2D eigenvalue weighted by Crippen LogP contribution is -2.41. The van der Waals surface area contributed by atoms with Crippen molar-refractivity contribution in [1.82, 2.24) is 4.90 Å². The molecule has 0 unspecified atom stereocenters. The summed E-state index contributed by atoms with van der Waals surface area (Å²) in [5, 5.41) is 2.82. The highest BCUT2D eigenvalue weighted by atomic mass is 19.1. The Morgan fingerprint density at radius 3 is 2.27 bits per heavy atom. The van der Waals surface area contributed by atoms with Gasteiger partial charge in [0.05, 0.1) is 0 Å². The van der Waals surface area contributed by atoms with Gasteiger partial charge >= 0.3 is 0 Å². The zero-order chi connectivity index (χ0) is 18.7. The average molecular weight is 354 g/mol. The number of halogens is 1. The summed E-state index contributed by atoms with van der Waals surface area (Å²) in [7, 11) is 0. The maximum absolute atomic E-state index is 12.9. The Labute approximate surface area is 153 Å². The van der Waals surface area contributed by atoms with Gasteiger partial charge in [0.2, 0.25) is 5.91 Å². The highest BCUT2D eigenvalue weighted by molar-refractivity contribution is 5.95. The average Bonchev–Trinajstić information content (AvgIpc) is 2.65. The number of hydrogen-bond donors (Lipinski definition) is 1. The van der Waals surface area contributed by atoms with Gasteiger partial charge in [-0.05, 0) is 74.2 Å². The summed E-state index contributed by atoms with van der Waals surface area (Å²) in [6, 6.07) is 11.5. The lowest BCUT2D eigenvalue weighted by atomic mass is 9.95. The molecule has 0 spiro atoms. The number of benzene rings is 2. The molecule has 2 amide bonds. The highest BCUT2D eigenvalue weighted by Gasteiger charge is 2.28. The summed E-state index contributed by atoms with van der Waals surface area (Å²) >= 11 is 0. The van der Waals surface area contributed by atoms with E-state index in [-0.39, 0.29) is 23.5 Å². The van der Waals surface area contributed by atoms with Gasteiger partial charge in [0.25, 0.3) is 5.91 Å². The van der Waals surface area contributed by atoms with Crippen LogP contribution in [0.5, 0.6) is 0 Å². The number of amides is 2. The molecule has 1 aliphatic rings. The van der Waals surface area contributed by atoms with Crippen LogP contribution in [0.25, 0.3) is 0 Å². The summed E-state index contributed by atoms with van der Waals surface area (Å²) < 4.78 is 12.9. The van der Waals surface area contributed by atoms with Crippen LogP contribution in [0.4, 0.5) is 10.1 Å². The van der Waals surface area contributed by atoms with Crippen LogP contribution in [0.15, 0.2) is 42.5 Å². The van der Waals surface area contributed by atoms with Gasteiger partial charge in [-0.25, -0.2) is 4.39 Å². The predicted octanol–water partition coefficient (Wildman–Crippen LogP) is 3.93. The van der Waals surface area contributed by atoms with Crippen LogP contribution in [0.3, 0.4) is 0 Å². The first kappa shape index (κ1) is 18.1. The van der Waals surface area contributed by atoms with Gasteiger partial charge in [-0.2, -0.15) is 0 Å². The maximum Gasteiger partial charge on any atom is 0.253 e. The van der Waals surface area contributed by atoms with Gasteiger partial charge in [0, 0.05) is 30.3 Å². The van der Waals surface area contributed by atoms with Crippen LogP contribution in [-0.4, -0.2) is 29.8 Å². The van der Waals surface area contributed by atoms with Gasteiger partial charge < -0.3 is 10.2 Å². The molecule has 0 saturated carbocycles. The molecule has 5 heteroatoms. The summed E-state index contributed by atoms with van der Waals surface area (Å²) in [6.07, 6.45) is 1.26. The van der Waals surface area contributed by atoms with E-state index < -0.39 is 0 Å². The summed E-state index contributed by atoms with van der Waals surface area (Å²) in [4.78, 5) is 26.8. The number of carbonyl (C=O) groups excluding carboxylic acids is 2. The van der Waals surface area contributed by atoms with Crippen molar-refractivity contribution >= 4 is 17.5 Å². The van der Waals surface area contributed by atoms with Crippen molar-refractivity contribution in [2.75, 3.05) is 18.4 Å². The van der Waals surface area contributed by atoms with Crippen molar-refractivity contribution < 1.29 is 14.0 Å². The number of anilines is 1. The van der Waals surface area contributed by atoms with Crippen LogP contribution in [0.1, 0.15) is 34.3 Å². The van der Waals surface area contributed by atoms with Crippen molar-refractivity contribution in [1.29, 1.82) is 0 Å². The highest BCUT2D eigenvalue weighted by Crippen LogP contribution is 2.22. The fraction of sp³-hybridized carbons (Fsp3) is 0.333. The van der Waals surface area contributed by atoms with Crippen LogP contribution >= 0.6 is 0 Å². The second-order valence-corrected chi connectivity index (χ2v) is 6.86. The monoisotopic (exact) mass is 354 g/mol. The van der Waals surface area contributed by atoms with Crippen molar-refractivity contribution in [2.24, 2.45) is 5.92 Å². The molecule has 0 aromatic heterocycles. The lowest BCUT2D eigenvalue weighted by Gasteiger charge is -2.31. The maximum atomic E-state index is 12.9. The summed E-state index contributed by atoms with van der Waals surface area (Å²) in [6.45, 7) is 5.15. The minimum atomic E-state index is -0.332. The van der Waals surface area contributed by atoms with Crippen molar-refractivity contribution in [2.45, 2.75) is 26.7 Å². The molecule has 2 aromatic carbocycles. The first-order valence-electron chi connectivity index (χ1n) is 8.87. The Hall–Kier alpha value is -2.69. The second-order valence-electron chi connectivity index (χ2n) is 6.86. The van der Waals surface area contributed by atoms with Gasteiger partial charge in [-0.3, -0.25) is 9.59 Å². The minimum Gasteiger partial charge on any atom is -0.339 e. The van der Waals surface area contributed by atoms with Gasteiger partial charge in [0.15, 0.2) is 0 Å². The number of nitrogens with one attached hydrogen (secondary N) is 1. The smallest absolute Gasteiger partial charge is 0.253 e. The molecule has 1 saturated heterocycles. The Balaban J connectivity index is 1.56. The van der Waals surface area contributed by atoms with E-state index in [0.29, 0.717) is 37.2 Å². The molecule has 0 bridgehead atoms. The Morgan fingerprint density at radius 1 is 1.00 bits per heavy atom. The van der Waals surface area contributed by atoms with E-state index in [1.165, 1.54) is 12.1 Å². The molecule has 26 heavy (non-hydrogen) atoms. The first-order chi connectivity index (χ1) is 12.4. The van der Waals surface area contributed by atoms with E-state index in [1.54, 1.807) is 12.1 Å². The molecule has 2 aromatic rings. The Morgan fingerprint density at radius 2 is 1.65 bits per heavy atom. The van der Waals surface area contributed by atoms with Crippen molar-refractivity contribution in [3.05, 3.63) is 65.0 Å². The fourth-order valence-electron chi connectivity index (χ4n) is 3.18. The molecule has 1 heterocycles. The summed E-state index contributed by atoms with van der Waals surface area (Å²) in [5.41, 5.74) is 3.55. The number of hydrogen-bond acceptors (Lipinski definition) is 2. The molecule has 4 nitrogen and oxygen atoms in total. The SMILES string of the molecule is Cc1ccc(C(=O)N2CCC(C(=O)Nc3ccc(F)cc3)CC2)cc1C. The van der Waals surface area contributed by atoms with Gasteiger partial charge in [-0.15, -0.1) is 0 Å². The van der Waals surface area contributed by atoms with E-state index in [4.69, 9.17) is 0 Å². The Kier molecular flexibility index (Phi) is 5.35. The topological polar surface area (TPSA) is 49.4 Å². The van der Waals surface area contributed by atoms with Gasteiger partial charge in [0.1, 0.15) is 5.82 Å². The van der Waals surface area contributed by atoms with E-state index in [0.717, 1.165) is 11.1 Å². The standard InChI is InChI=1S/C21H23FN2O2/c1-14-3-4-17(13-15(14)2)21(26)24-11-9-16(10-12-24)20(25)23-19-7-5-18(22)6-8-19/h3-8,13,16H,9-12H2,1-2H3,(H,23,25). The first-order valence-corrected chi connectivity index (χ1v) is 8.87. The second kappa shape index (κ2) is 7.68. The predicted molar refractivity (Wildman–Crippen MR) is 99.6 cm³/mol. The quantitative estimate of drug-likeness (QED) is 0.908. The third kappa shape index (κ3) is 4.10. The molecular formula is C21H23FN2O2. The van der Waals surface area contributed by atoms with E-state index in [2.05, 4.69) is 5.32 Å². The Bertz CT molecular complexity index is 809. The van der Waals surface area contributed by atoms with Crippen molar-refractivity contribution in [3.8, 4) is 0 Å². The molecule has 3 rings (SSSR count). The molecular weight excluding hydrogens is 331 g/mol. The summed E-state index contributed by atoms with van der Waals surface area (Å²) in [5.74, 6) is -0.523. The zero-order valence-corrected chi connectivity index (χ0v) is 15.1. The van der Waals surface area contributed by atoms with E-state index in [9.17, 15) is 14.0 Å². The number of piperidine rings is 1. The molecule has 0 aliphatic carbocycles. The van der Waals surface area contributed by atoms with Crippen LogP contribution < -0.4 is 5.32 Å². The number of rotatable bonds is 3. The largest absolute Gasteiger partial charge is 0.339 e. The third-order valence-electron chi connectivity index (χ3n) is 5.02.